The molecule has 0 aromatic heterocycles. The number of benzene rings is 2. The van der Waals surface area contributed by atoms with Crippen LogP contribution in [0.25, 0.3) is 0 Å². The Bertz CT molecular complexity index is 645. The predicted octanol–water partition coefficient (Wildman–Crippen LogP) is 2.59. The van der Waals surface area contributed by atoms with E-state index in [1.165, 1.54) is 6.07 Å². The van der Waals surface area contributed by atoms with Crippen molar-refractivity contribution in [2.24, 2.45) is 0 Å². The Morgan fingerprint density at radius 1 is 1.10 bits per heavy atom. The van der Waals surface area contributed by atoms with Crippen molar-refractivity contribution in [2.75, 3.05) is 13.3 Å². The number of phenolic OH excluding ortho intramolecular Hbond substituents is 1. The first-order valence-electron chi connectivity index (χ1n) is 6.79. The van der Waals surface area contributed by atoms with Crippen LogP contribution in [0.2, 0.25) is 0 Å². The molecular formula is C16H16FNO3. The molecule has 21 heavy (non-hydrogen) atoms. The van der Waals surface area contributed by atoms with Gasteiger partial charge in [0.25, 0.3) is 0 Å². The van der Waals surface area contributed by atoms with Crippen LogP contribution >= 0.6 is 0 Å². The van der Waals surface area contributed by atoms with E-state index in [1.807, 2.05) is 6.07 Å². The Balaban J connectivity index is 1.55. The molecule has 0 radical (unpaired) electrons. The van der Waals surface area contributed by atoms with E-state index >= 15 is 0 Å². The van der Waals surface area contributed by atoms with Gasteiger partial charge in [0.2, 0.25) is 6.79 Å². The Morgan fingerprint density at radius 3 is 2.67 bits per heavy atom. The zero-order valence-electron chi connectivity index (χ0n) is 11.4. The van der Waals surface area contributed by atoms with Crippen molar-refractivity contribution >= 4 is 0 Å². The van der Waals surface area contributed by atoms with Gasteiger partial charge < -0.3 is 19.9 Å². The van der Waals surface area contributed by atoms with Crippen molar-refractivity contribution in [3.05, 3.63) is 53.3 Å². The quantitative estimate of drug-likeness (QED) is 0.831. The summed E-state index contributed by atoms with van der Waals surface area (Å²) < 4.78 is 23.9. The standard InChI is InChI=1S/C16H16FNO3/c17-13-4-2-1-3-11(13)5-6-18-9-12-7-15-16(8-14(12)19)21-10-20-15/h1-4,7-8,18-19H,5-6,9-10H2. The van der Waals surface area contributed by atoms with Crippen LogP contribution in [0.1, 0.15) is 11.1 Å². The minimum absolute atomic E-state index is 0.164. The third kappa shape index (κ3) is 3.08. The second kappa shape index (κ2) is 6.01. The maximum Gasteiger partial charge on any atom is 0.231 e. The molecule has 0 saturated carbocycles. The summed E-state index contributed by atoms with van der Waals surface area (Å²) in [5, 5.41) is 13.1. The van der Waals surface area contributed by atoms with Gasteiger partial charge in [-0.3, -0.25) is 0 Å². The number of fused-ring (bicyclic) bond motifs is 1. The van der Waals surface area contributed by atoms with Crippen LogP contribution in [0.3, 0.4) is 0 Å². The van der Waals surface area contributed by atoms with Gasteiger partial charge in [-0.15, -0.1) is 0 Å². The summed E-state index contributed by atoms with van der Waals surface area (Å²) in [6.07, 6.45) is 0.595. The van der Waals surface area contributed by atoms with Crippen molar-refractivity contribution in [1.29, 1.82) is 0 Å². The van der Waals surface area contributed by atoms with Crippen LogP contribution in [0, 0.1) is 5.82 Å². The van der Waals surface area contributed by atoms with Crippen molar-refractivity contribution in [3.8, 4) is 17.2 Å². The Kier molecular flexibility index (Phi) is 3.92. The van der Waals surface area contributed by atoms with Crippen molar-refractivity contribution < 1.29 is 19.0 Å². The fourth-order valence-electron chi connectivity index (χ4n) is 2.26. The zero-order chi connectivity index (χ0) is 14.7. The molecular weight excluding hydrogens is 273 g/mol. The number of rotatable bonds is 5. The molecule has 0 amide bonds. The minimum Gasteiger partial charge on any atom is -0.507 e. The molecule has 0 atom stereocenters. The van der Waals surface area contributed by atoms with Crippen LogP contribution in [0.5, 0.6) is 17.2 Å². The summed E-state index contributed by atoms with van der Waals surface area (Å²) >= 11 is 0. The summed E-state index contributed by atoms with van der Waals surface area (Å²) in [5.74, 6) is 1.17. The SMILES string of the molecule is Oc1cc2c(cc1CNCCc1ccccc1F)OCO2. The van der Waals surface area contributed by atoms with Gasteiger partial charge >= 0.3 is 0 Å². The number of halogens is 1. The Labute approximate surface area is 122 Å². The molecule has 5 heteroatoms. The number of aromatic hydroxyl groups is 1. The van der Waals surface area contributed by atoms with Crippen LogP contribution in [0.4, 0.5) is 4.39 Å². The first-order valence-corrected chi connectivity index (χ1v) is 6.79. The van der Waals surface area contributed by atoms with Gasteiger partial charge in [0.1, 0.15) is 11.6 Å². The van der Waals surface area contributed by atoms with Crippen molar-refractivity contribution in [2.45, 2.75) is 13.0 Å². The minimum atomic E-state index is -0.190. The number of ether oxygens (including phenoxy) is 2. The molecule has 0 aliphatic carbocycles. The summed E-state index contributed by atoms with van der Waals surface area (Å²) in [4.78, 5) is 0. The van der Waals surface area contributed by atoms with Gasteiger partial charge in [-0.05, 0) is 30.7 Å². The lowest BCUT2D eigenvalue weighted by Crippen LogP contribution is -2.17. The molecule has 110 valence electrons. The summed E-state index contributed by atoms with van der Waals surface area (Å²) in [6, 6.07) is 10.0. The van der Waals surface area contributed by atoms with E-state index in [0.717, 1.165) is 5.56 Å². The highest BCUT2D eigenvalue weighted by Gasteiger charge is 2.16. The molecule has 1 aliphatic heterocycles. The molecule has 0 bridgehead atoms. The molecule has 1 aliphatic rings. The zero-order valence-corrected chi connectivity index (χ0v) is 11.4. The molecule has 0 saturated heterocycles. The third-order valence-corrected chi connectivity index (χ3v) is 3.42. The van der Waals surface area contributed by atoms with E-state index in [9.17, 15) is 9.50 Å². The molecule has 0 unspecified atom stereocenters. The molecule has 4 nitrogen and oxygen atoms in total. The molecule has 2 aromatic carbocycles. The van der Waals surface area contributed by atoms with Crippen LogP contribution < -0.4 is 14.8 Å². The second-order valence-electron chi connectivity index (χ2n) is 4.85. The average molecular weight is 289 g/mol. The summed E-state index contributed by atoms with van der Waals surface area (Å²) in [6.45, 7) is 1.28. The number of nitrogens with one attached hydrogen (secondary N) is 1. The number of hydrogen-bond acceptors (Lipinski definition) is 4. The second-order valence-corrected chi connectivity index (χ2v) is 4.85. The highest BCUT2D eigenvalue weighted by Crippen LogP contribution is 2.37. The lowest BCUT2D eigenvalue weighted by atomic mass is 10.1. The number of hydrogen-bond donors (Lipinski definition) is 2. The fourth-order valence-corrected chi connectivity index (χ4v) is 2.26. The van der Waals surface area contributed by atoms with Gasteiger partial charge in [0.05, 0.1) is 0 Å². The maximum absolute atomic E-state index is 13.5. The average Bonchev–Trinajstić information content (AvgIpc) is 2.92. The first-order chi connectivity index (χ1) is 10.2. The van der Waals surface area contributed by atoms with E-state index in [2.05, 4.69) is 5.32 Å². The molecule has 0 spiro atoms. The van der Waals surface area contributed by atoms with Crippen LogP contribution in [-0.2, 0) is 13.0 Å². The van der Waals surface area contributed by atoms with E-state index in [0.29, 0.717) is 36.6 Å². The van der Waals surface area contributed by atoms with E-state index < -0.39 is 0 Å². The van der Waals surface area contributed by atoms with E-state index in [1.54, 1.807) is 24.3 Å². The maximum atomic E-state index is 13.5. The topological polar surface area (TPSA) is 50.7 Å². The largest absolute Gasteiger partial charge is 0.507 e. The highest BCUT2D eigenvalue weighted by molar-refractivity contribution is 5.51. The molecule has 3 rings (SSSR count). The van der Waals surface area contributed by atoms with Crippen LogP contribution in [0.15, 0.2) is 36.4 Å². The monoisotopic (exact) mass is 289 g/mol. The van der Waals surface area contributed by atoms with Gasteiger partial charge in [0, 0.05) is 18.2 Å². The summed E-state index contributed by atoms with van der Waals surface area (Å²) in [5.41, 5.74) is 1.41. The summed E-state index contributed by atoms with van der Waals surface area (Å²) in [7, 11) is 0. The molecule has 0 fully saturated rings. The van der Waals surface area contributed by atoms with Gasteiger partial charge in [-0.25, -0.2) is 4.39 Å². The Morgan fingerprint density at radius 2 is 1.86 bits per heavy atom. The predicted molar refractivity (Wildman–Crippen MR) is 76.0 cm³/mol. The normalized spacial score (nSPS) is 12.6. The van der Waals surface area contributed by atoms with Crippen LogP contribution in [-0.4, -0.2) is 18.4 Å². The van der Waals surface area contributed by atoms with Gasteiger partial charge in [0.15, 0.2) is 11.5 Å². The first kappa shape index (κ1) is 13.7. The highest BCUT2D eigenvalue weighted by atomic mass is 19.1. The lowest BCUT2D eigenvalue weighted by Gasteiger charge is -2.08. The smallest absolute Gasteiger partial charge is 0.231 e. The van der Waals surface area contributed by atoms with Crippen molar-refractivity contribution in [1.82, 2.24) is 5.32 Å². The Hall–Kier alpha value is -2.27. The molecule has 1 heterocycles. The molecule has 2 N–H and O–H groups in total. The fraction of sp³-hybridized carbons (Fsp3) is 0.250. The lowest BCUT2D eigenvalue weighted by molar-refractivity contribution is 0.174. The van der Waals surface area contributed by atoms with Gasteiger partial charge in [-0.1, -0.05) is 18.2 Å². The molecule has 2 aromatic rings. The third-order valence-electron chi connectivity index (χ3n) is 3.42. The van der Waals surface area contributed by atoms with E-state index in [-0.39, 0.29) is 18.4 Å². The number of phenols is 1. The van der Waals surface area contributed by atoms with E-state index in [4.69, 9.17) is 9.47 Å². The van der Waals surface area contributed by atoms with Crippen molar-refractivity contribution in [3.63, 3.8) is 0 Å². The van der Waals surface area contributed by atoms with Gasteiger partial charge in [-0.2, -0.15) is 0 Å².